The van der Waals surface area contributed by atoms with Crippen molar-refractivity contribution in [3.05, 3.63) is 77.6 Å². The number of hydrogen-bond acceptors (Lipinski definition) is 3. The van der Waals surface area contributed by atoms with E-state index in [1.54, 1.807) is 6.07 Å². The molecule has 3 nitrogen and oxygen atoms in total. The SMILES string of the molecule is N#Cc1ccc(N2CCCCCN2Cc2ccccc2F)c2ccccc12. The van der Waals surface area contributed by atoms with Crippen molar-refractivity contribution in [2.75, 3.05) is 18.1 Å². The smallest absolute Gasteiger partial charge is 0.127 e. The number of anilines is 1. The third kappa shape index (κ3) is 3.51. The minimum Gasteiger partial charge on any atom is -0.305 e. The quantitative estimate of drug-likeness (QED) is 0.639. The van der Waals surface area contributed by atoms with E-state index in [0.717, 1.165) is 42.4 Å². The predicted octanol–water partition coefficient (Wildman–Crippen LogP) is 5.26. The van der Waals surface area contributed by atoms with E-state index in [9.17, 15) is 9.65 Å². The molecule has 1 fully saturated rings. The second-order valence-electron chi connectivity index (χ2n) is 6.95. The first kappa shape index (κ1) is 17.5. The van der Waals surface area contributed by atoms with Crippen molar-refractivity contribution in [2.45, 2.75) is 25.8 Å². The van der Waals surface area contributed by atoms with Gasteiger partial charge in [0.2, 0.25) is 0 Å². The number of benzene rings is 3. The number of hydrazine groups is 1. The van der Waals surface area contributed by atoms with Crippen molar-refractivity contribution in [2.24, 2.45) is 0 Å². The van der Waals surface area contributed by atoms with Gasteiger partial charge >= 0.3 is 0 Å². The maximum absolute atomic E-state index is 14.2. The summed E-state index contributed by atoms with van der Waals surface area (Å²) in [4.78, 5) is 0. The van der Waals surface area contributed by atoms with Crippen LogP contribution in [0.4, 0.5) is 10.1 Å². The fourth-order valence-corrected chi connectivity index (χ4v) is 3.86. The summed E-state index contributed by atoms with van der Waals surface area (Å²) in [5.41, 5.74) is 2.48. The van der Waals surface area contributed by atoms with Gasteiger partial charge < -0.3 is 5.01 Å². The molecular weight excluding hydrogens is 337 g/mol. The lowest BCUT2D eigenvalue weighted by Crippen LogP contribution is -2.42. The maximum atomic E-state index is 14.2. The van der Waals surface area contributed by atoms with Gasteiger partial charge in [0.15, 0.2) is 0 Å². The zero-order valence-corrected chi connectivity index (χ0v) is 15.2. The highest BCUT2D eigenvalue weighted by Gasteiger charge is 2.22. The van der Waals surface area contributed by atoms with Gasteiger partial charge in [-0.15, -0.1) is 0 Å². The van der Waals surface area contributed by atoms with Crippen molar-refractivity contribution < 1.29 is 4.39 Å². The van der Waals surface area contributed by atoms with Crippen LogP contribution in [0.1, 0.15) is 30.4 Å². The number of halogens is 1. The fourth-order valence-electron chi connectivity index (χ4n) is 3.86. The Kier molecular flexibility index (Phi) is 5.04. The number of hydrogen-bond donors (Lipinski definition) is 0. The minimum atomic E-state index is -0.161. The van der Waals surface area contributed by atoms with Gasteiger partial charge in [-0.3, -0.25) is 0 Å². The van der Waals surface area contributed by atoms with Crippen molar-refractivity contribution in [1.82, 2.24) is 5.01 Å². The lowest BCUT2D eigenvalue weighted by molar-refractivity contribution is 0.250. The summed E-state index contributed by atoms with van der Waals surface area (Å²) in [6, 6.07) is 21.2. The van der Waals surface area contributed by atoms with Crippen molar-refractivity contribution in [1.29, 1.82) is 5.26 Å². The molecule has 1 aliphatic heterocycles. The molecule has 3 aromatic rings. The molecule has 4 rings (SSSR count). The molecule has 0 unspecified atom stereocenters. The van der Waals surface area contributed by atoms with Gasteiger partial charge in [0, 0.05) is 36.0 Å². The molecule has 1 aliphatic rings. The first-order valence-electron chi connectivity index (χ1n) is 9.45. The predicted molar refractivity (Wildman–Crippen MR) is 107 cm³/mol. The average molecular weight is 359 g/mol. The molecule has 27 heavy (non-hydrogen) atoms. The zero-order valence-electron chi connectivity index (χ0n) is 15.2. The molecule has 0 bridgehead atoms. The largest absolute Gasteiger partial charge is 0.305 e. The summed E-state index contributed by atoms with van der Waals surface area (Å²) in [5.74, 6) is -0.161. The normalized spacial score (nSPS) is 15.5. The van der Waals surface area contributed by atoms with Gasteiger partial charge in [-0.25, -0.2) is 9.40 Å². The van der Waals surface area contributed by atoms with Crippen LogP contribution < -0.4 is 5.01 Å². The van der Waals surface area contributed by atoms with Crippen molar-refractivity contribution in [3.63, 3.8) is 0 Å². The van der Waals surface area contributed by atoms with Gasteiger partial charge in [0.25, 0.3) is 0 Å². The second-order valence-corrected chi connectivity index (χ2v) is 6.95. The summed E-state index contributed by atoms with van der Waals surface area (Å²) in [5, 5.41) is 16.0. The Labute approximate surface area is 159 Å². The summed E-state index contributed by atoms with van der Waals surface area (Å²) >= 11 is 0. The Morgan fingerprint density at radius 2 is 1.59 bits per heavy atom. The van der Waals surface area contributed by atoms with E-state index in [-0.39, 0.29) is 5.82 Å². The molecule has 1 saturated heterocycles. The third-order valence-electron chi connectivity index (χ3n) is 5.24. The van der Waals surface area contributed by atoms with Crippen LogP contribution in [0.2, 0.25) is 0 Å². The van der Waals surface area contributed by atoms with Gasteiger partial charge in [0.1, 0.15) is 5.82 Å². The molecule has 0 amide bonds. The second kappa shape index (κ2) is 7.77. The molecule has 0 aromatic heterocycles. The van der Waals surface area contributed by atoms with Crippen LogP contribution in [0.25, 0.3) is 10.8 Å². The minimum absolute atomic E-state index is 0.161. The summed E-state index contributed by atoms with van der Waals surface area (Å²) < 4.78 is 14.2. The van der Waals surface area contributed by atoms with Crippen LogP contribution in [-0.2, 0) is 6.54 Å². The molecule has 0 N–H and O–H groups in total. The highest BCUT2D eigenvalue weighted by atomic mass is 19.1. The summed E-state index contributed by atoms with van der Waals surface area (Å²) in [7, 11) is 0. The molecule has 0 atom stereocenters. The molecule has 3 aromatic carbocycles. The maximum Gasteiger partial charge on any atom is 0.127 e. The third-order valence-corrected chi connectivity index (χ3v) is 5.24. The standard InChI is InChI=1S/C23H22FN3/c24-22-11-5-2-8-19(22)17-26-14-6-1-7-15-27(26)23-13-12-18(16-25)20-9-3-4-10-21(20)23/h2-5,8-13H,1,6-7,14-15,17H2. The van der Waals surface area contributed by atoms with Crippen LogP contribution in [0.3, 0.4) is 0 Å². The van der Waals surface area contributed by atoms with E-state index in [0.29, 0.717) is 17.7 Å². The summed E-state index contributed by atoms with van der Waals surface area (Å²) in [6.45, 7) is 2.33. The van der Waals surface area contributed by atoms with Crippen molar-refractivity contribution in [3.8, 4) is 6.07 Å². The molecule has 4 heteroatoms. The van der Waals surface area contributed by atoms with Crippen LogP contribution in [-0.4, -0.2) is 18.1 Å². The summed E-state index contributed by atoms with van der Waals surface area (Å²) in [6.07, 6.45) is 3.36. The molecule has 1 heterocycles. The Morgan fingerprint density at radius 3 is 2.41 bits per heavy atom. The topological polar surface area (TPSA) is 30.3 Å². The van der Waals surface area contributed by atoms with E-state index in [4.69, 9.17) is 0 Å². The van der Waals surface area contributed by atoms with E-state index in [1.165, 1.54) is 12.5 Å². The average Bonchev–Trinajstić information content (AvgIpc) is 2.94. The number of rotatable bonds is 3. The first-order chi connectivity index (χ1) is 13.3. The highest BCUT2D eigenvalue weighted by molar-refractivity contribution is 5.97. The molecule has 0 spiro atoms. The van der Waals surface area contributed by atoms with E-state index < -0.39 is 0 Å². The zero-order chi connectivity index (χ0) is 18.6. The lowest BCUT2D eigenvalue weighted by Gasteiger charge is -2.36. The van der Waals surface area contributed by atoms with Crippen LogP contribution in [0.15, 0.2) is 60.7 Å². The molecule has 136 valence electrons. The Balaban J connectivity index is 1.77. The molecule has 0 radical (unpaired) electrons. The molecule has 0 saturated carbocycles. The van der Waals surface area contributed by atoms with Gasteiger partial charge in [-0.05, 0) is 31.0 Å². The first-order valence-corrected chi connectivity index (χ1v) is 9.45. The number of nitriles is 1. The van der Waals surface area contributed by atoms with E-state index >= 15 is 0 Å². The Morgan fingerprint density at radius 1 is 0.852 bits per heavy atom. The fraction of sp³-hybridized carbons (Fsp3) is 0.261. The highest BCUT2D eigenvalue weighted by Crippen LogP contribution is 2.32. The van der Waals surface area contributed by atoms with Crippen LogP contribution >= 0.6 is 0 Å². The Hall–Kier alpha value is -2.90. The van der Waals surface area contributed by atoms with Crippen molar-refractivity contribution >= 4 is 16.5 Å². The number of fused-ring (bicyclic) bond motifs is 1. The van der Waals surface area contributed by atoms with E-state index in [1.807, 2.05) is 42.5 Å². The monoisotopic (exact) mass is 359 g/mol. The van der Waals surface area contributed by atoms with E-state index in [2.05, 4.69) is 22.2 Å². The van der Waals surface area contributed by atoms with Crippen LogP contribution in [0.5, 0.6) is 0 Å². The van der Waals surface area contributed by atoms with Gasteiger partial charge in [-0.1, -0.05) is 48.9 Å². The molecule has 0 aliphatic carbocycles. The lowest BCUT2D eigenvalue weighted by atomic mass is 10.0. The van der Waals surface area contributed by atoms with Gasteiger partial charge in [0.05, 0.1) is 17.3 Å². The molecular formula is C23H22FN3. The number of nitrogens with zero attached hydrogens (tertiary/aromatic N) is 3. The van der Waals surface area contributed by atoms with Gasteiger partial charge in [-0.2, -0.15) is 5.26 Å². The van der Waals surface area contributed by atoms with Crippen LogP contribution in [0, 0.1) is 17.1 Å². The Bertz CT molecular complexity index is 992.